The zero-order valence-corrected chi connectivity index (χ0v) is 17.9. The summed E-state index contributed by atoms with van der Waals surface area (Å²) in [7, 11) is 1.65. The second-order valence-electron chi connectivity index (χ2n) is 6.31. The third-order valence-corrected chi connectivity index (χ3v) is 6.14. The number of nitrogens with zero attached hydrogens (tertiary/aromatic N) is 1. The van der Waals surface area contributed by atoms with Crippen LogP contribution in [0.1, 0.15) is 25.3 Å². The number of amides is 1. The van der Waals surface area contributed by atoms with E-state index in [1.54, 1.807) is 30.2 Å². The molecule has 0 unspecified atom stereocenters. The van der Waals surface area contributed by atoms with Crippen molar-refractivity contribution >= 4 is 44.9 Å². The number of rotatable bonds is 9. The SMILES string of the molecule is CCCC(=O)Nc1ccc2nc(SCCOc3ccc(C)cc3OC)sc2c1. The monoisotopic (exact) mass is 416 g/mol. The highest BCUT2D eigenvalue weighted by Gasteiger charge is 2.08. The second kappa shape index (κ2) is 9.80. The summed E-state index contributed by atoms with van der Waals surface area (Å²) >= 11 is 3.29. The summed E-state index contributed by atoms with van der Waals surface area (Å²) in [5.41, 5.74) is 2.90. The number of carbonyl (C=O) groups excluding carboxylic acids is 1. The largest absolute Gasteiger partial charge is 0.493 e. The smallest absolute Gasteiger partial charge is 0.224 e. The molecule has 0 aliphatic heterocycles. The van der Waals surface area contributed by atoms with Gasteiger partial charge in [-0.2, -0.15) is 0 Å². The Kier molecular flexibility index (Phi) is 7.17. The van der Waals surface area contributed by atoms with Crippen molar-refractivity contribution < 1.29 is 14.3 Å². The van der Waals surface area contributed by atoms with Crippen LogP contribution in [0.2, 0.25) is 0 Å². The Hall–Kier alpha value is -2.25. The zero-order valence-electron chi connectivity index (χ0n) is 16.3. The maximum Gasteiger partial charge on any atom is 0.224 e. The van der Waals surface area contributed by atoms with Crippen molar-refractivity contribution in [3.63, 3.8) is 0 Å². The molecular formula is C21H24N2O3S2. The van der Waals surface area contributed by atoms with Gasteiger partial charge < -0.3 is 14.8 Å². The van der Waals surface area contributed by atoms with Crippen LogP contribution in [-0.4, -0.2) is 30.4 Å². The number of nitrogens with one attached hydrogen (secondary N) is 1. The number of thiazole rings is 1. The van der Waals surface area contributed by atoms with E-state index in [9.17, 15) is 4.79 Å². The third kappa shape index (κ3) is 5.39. The molecule has 0 spiro atoms. The van der Waals surface area contributed by atoms with E-state index >= 15 is 0 Å². The van der Waals surface area contributed by atoms with Gasteiger partial charge in [-0.1, -0.05) is 24.8 Å². The number of methoxy groups -OCH3 is 1. The lowest BCUT2D eigenvalue weighted by atomic mass is 10.2. The van der Waals surface area contributed by atoms with Crippen molar-refractivity contribution in [2.75, 3.05) is 24.8 Å². The van der Waals surface area contributed by atoms with E-state index in [2.05, 4.69) is 10.3 Å². The summed E-state index contributed by atoms with van der Waals surface area (Å²) in [6, 6.07) is 11.7. The van der Waals surface area contributed by atoms with Gasteiger partial charge in [0.2, 0.25) is 5.91 Å². The van der Waals surface area contributed by atoms with Crippen molar-refractivity contribution in [3.05, 3.63) is 42.0 Å². The summed E-state index contributed by atoms with van der Waals surface area (Å²) in [5.74, 6) is 2.34. The molecule has 1 amide bonds. The van der Waals surface area contributed by atoms with E-state index in [0.717, 1.165) is 49.5 Å². The van der Waals surface area contributed by atoms with Gasteiger partial charge in [-0.15, -0.1) is 11.3 Å². The van der Waals surface area contributed by atoms with Crippen molar-refractivity contribution in [3.8, 4) is 11.5 Å². The minimum Gasteiger partial charge on any atom is -0.493 e. The maximum absolute atomic E-state index is 11.8. The molecule has 5 nitrogen and oxygen atoms in total. The summed E-state index contributed by atoms with van der Waals surface area (Å²) in [6.45, 7) is 4.59. The summed E-state index contributed by atoms with van der Waals surface area (Å²) in [5, 5.41) is 2.93. The lowest BCUT2D eigenvalue weighted by Gasteiger charge is -2.10. The van der Waals surface area contributed by atoms with E-state index in [4.69, 9.17) is 9.47 Å². The summed E-state index contributed by atoms with van der Waals surface area (Å²) < 4.78 is 13.3. The van der Waals surface area contributed by atoms with Crippen LogP contribution in [0, 0.1) is 6.92 Å². The molecule has 0 atom stereocenters. The zero-order chi connectivity index (χ0) is 19.9. The molecule has 1 heterocycles. The van der Waals surface area contributed by atoms with Crippen molar-refractivity contribution in [2.24, 2.45) is 0 Å². The fourth-order valence-electron chi connectivity index (χ4n) is 2.67. The van der Waals surface area contributed by atoms with E-state index in [1.165, 1.54) is 0 Å². The number of benzene rings is 2. The van der Waals surface area contributed by atoms with Crippen LogP contribution in [0.15, 0.2) is 40.7 Å². The standard InChI is InChI=1S/C21H24N2O3S2/c1-4-5-20(24)22-15-7-8-16-19(13-15)28-21(23-16)27-11-10-26-17-9-6-14(2)12-18(17)25-3/h6-9,12-13H,4-5,10-11H2,1-3H3,(H,22,24). The minimum absolute atomic E-state index is 0.0460. The molecule has 1 N–H and O–H groups in total. The van der Waals surface area contributed by atoms with Gasteiger partial charge in [0.1, 0.15) is 0 Å². The van der Waals surface area contributed by atoms with Crippen LogP contribution in [0.3, 0.4) is 0 Å². The van der Waals surface area contributed by atoms with Gasteiger partial charge in [-0.05, 0) is 49.2 Å². The van der Waals surface area contributed by atoms with E-state index in [0.29, 0.717) is 13.0 Å². The number of hydrogen-bond acceptors (Lipinski definition) is 6. The average Bonchev–Trinajstić information content (AvgIpc) is 3.08. The molecule has 0 aliphatic carbocycles. The molecule has 0 radical (unpaired) electrons. The fourth-order valence-corrected chi connectivity index (χ4v) is 4.66. The molecule has 0 bridgehead atoms. The van der Waals surface area contributed by atoms with Crippen LogP contribution < -0.4 is 14.8 Å². The van der Waals surface area contributed by atoms with Crippen LogP contribution in [0.25, 0.3) is 10.2 Å². The third-order valence-electron chi connectivity index (χ3n) is 4.02. The first-order chi connectivity index (χ1) is 13.6. The maximum atomic E-state index is 11.8. The Balaban J connectivity index is 1.55. The Morgan fingerprint density at radius 1 is 1.21 bits per heavy atom. The van der Waals surface area contributed by atoms with Gasteiger partial charge >= 0.3 is 0 Å². The molecule has 7 heteroatoms. The molecule has 0 aliphatic rings. The van der Waals surface area contributed by atoms with Crippen LogP contribution in [-0.2, 0) is 4.79 Å². The number of aromatic nitrogens is 1. The number of fused-ring (bicyclic) bond motifs is 1. The summed E-state index contributed by atoms with van der Waals surface area (Å²) in [6.07, 6.45) is 1.37. The molecule has 0 fully saturated rings. The van der Waals surface area contributed by atoms with E-state index in [1.807, 2.05) is 50.2 Å². The lowest BCUT2D eigenvalue weighted by Crippen LogP contribution is -2.10. The normalized spacial score (nSPS) is 10.8. The predicted molar refractivity (Wildman–Crippen MR) is 117 cm³/mol. The van der Waals surface area contributed by atoms with Gasteiger partial charge in [0.05, 0.1) is 23.9 Å². The molecule has 2 aromatic carbocycles. The molecule has 3 aromatic rings. The number of hydrogen-bond donors (Lipinski definition) is 1. The molecule has 0 saturated carbocycles. The first-order valence-electron chi connectivity index (χ1n) is 9.19. The molecule has 148 valence electrons. The van der Waals surface area contributed by atoms with Crippen molar-refractivity contribution in [1.82, 2.24) is 4.98 Å². The van der Waals surface area contributed by atoms with E-state index in [-0.39, 0.29) is 5.91 Å². The topological polar surface area (TPSA) is 60.5 Å². The number of ether oxygens (including phenoxy) is 2. The highest BCUT2D eigenvalue weighted by molar-refractivity contribution is 8.01. The molecule has 28 heavy (non-hydrogen) atoms. The number of aryl methyl sites for hydroxylation is 1. The van der Waals surface area contributed by atoms with Gasteiger partial charge in [0.15, 0.2) is 15.8 Å². The van der Waals surface area contributed by atoms with Crippen LogP contribution >= 0.6 is 23.1 Å². The Morgan fingerprint density at radius 3 is 2.86 bits per heavy atom. The van der Waals surface area contributed by atoms with Crippen LogP contribution in [0.5, 0.6) is 11.5 Å². The molecular weight excluding hydrogens is 392 g/mol. The van der Waals surface area contributed by atoms with Crippen LogP contribution in [0.4, 0.5) is 5.69 Å². The first kappa shape index (κ1) is 20.5. The predicted octanol–water partition coefficient (Wildman–Crippen LogP) is 5.52. The van der Waals surface area contributed by atoms with Gasteiger partial charge in [-0.3, -0.25) is 4.79 Å². The molecule has 3 rings (SSSR count). The minimum atomic E-state index is 0.0460. The van der Waals surface area contributed by atoms with Gasteiger partial charge in [-0.25, -0.2) is 4.98 Å². The van der Waals surface area contributed by atoms with E-state index < -0.39 is 0 Å². The highest BCUT2D eigenvalue weighted by atomic mass is 32.2. The van der Waals surface area contributed by atoms with Crippen molar-refractivity contribution in [2.45, 2.75) is 31.0 Å². The number of carbonyl (C=O) groups is 1. The molecule has 1 aromatic heterocycles. The first-order valence-corrected chi connectivity index (χ1v) is 11.0. The Labute approximate surface area is 173 Å². The summed E-state index contributed by atoms with van der Waals surface area (Å²) in [4.78, 5) is 16.4. The fraction of sp³-hybridized carbons (Fsp3) is 0.333. The molecule has 0 saturated heterocycles. The quantitative estimate of drug-likeness (QED) is 0.367. The average molecular weight is 417 g/mol. The Morgan fingerprint density at radius 2 is 2.07 bits per heavy atom. The lowest BCUT2D eigenvalue weighted by molar-refractivity contribution is -0.116. The number of thioether (sulfide) groups is 1. The van der Waals surface area contributed by atoms with Gasteiger partial charge in [0.25, 0.3) is 0 Å². The van der Waals surface area contributed by atoms with Gasteiger partial charge in [0, 0.05) is 17.9 Å². The highest BCUT2D eigenvalue weighted by Crippen LogP contribution is 2.32. The van der Waals surface area contributed by atoms with Crippen molar-refractivity contribution in [1.29, 1.82) is 0 Å². The number of anilines is 1. The Bertz CT molecular complexity index is 956. The second-order valence-corrected chi connectivity index (χ2v) is 8.68.